The molecular formula is C21H23ClN2O. The summed E-state index contributed by atoms with van der Waals surface area (Å²) in [5.74, 6) is 0.525. The highest BCUT2D eigenvalue weighted by Gasteiger charge is 2.24. The van der Waals surface area contributed by atoms with E-state index in [4.69, 9.17) is 11.6 Å². The van der Waals surface area contributed by atoms with Crippen molar-refractivity contribution < 1.29 is 4.79 Å². The number of rotatable bonds is 6. The first kappa shape index (κ1) is 17.6. The number of nitrogens with zero attached hydrogens (tertiary/aromatic N) is 1. The van der Waals surface area contributed by atoms with Gasteiger partial charge in [0.05, 0.1) is 0 Å². The van der Waals surface area contributed by atoms with Crippen LogP contribution in [0.5, 0.6) is 0 Å². The van der Waals surface area contributed by atoms with Crippen LogP contribution in [0.2, 0.25) is 0 Å². The minimum atomic E-state index is -0.0501. The summed E-state index contributed by atoms with van der Waals surface area (Å²) in [6.45, 7) is 6.27. The first-order valence-corrected chi connectivity index (χ1v) is 9.27. The van der Waals surface area contributed by atoms with E-state index in [9.17, 15) is 4.79 Å². The number of hydrogen-bond acceptors (Lipinski definition) is 2. The largest absolute Gasteiger partial charge is 0.372 e. The van der Waals surface area contributed by atoms with Crippen molar-refractivity contribution in [1.29, 1.82) is 0 Å². The summed E-state index contributed by atoms with van der Waals surface area (Å²) in [5.41, 5.74) is 5.91. The zero-order valence-electron chi connectivity index (χ0n) is 14.7. The smallest absolute Gasteiger partial charge is 0.256 e. The number of nitrogens with one attached hydrogen (secondary N) is 1. The van der Waals surface area contributed by atoms with E-state index in [1.54, 1.807) is 0 Å². The number of amides is 1. The number of hydrogen-bond donors (Lipinski definition) is 1. The Bertz CT molecular complexity index is 792. The van der Waals surface area contributed by atoms with Gasteiger partial charge in [-0.3, -0.25) is 4.79 Å². The van der Waals surface area contributed by atoms with Gasteiger partial charge in [0.2, 0.25) is 0 Å². The number of carbonyl (C=O) groups is 1. The number of benzene rings is 2. The number of carbonyl (C=O) groups excluding carboxylic acids is 1. The fourth-order valence-corrected chi connectivity index (χ4v) is 3.40. The molecule has 0 aliphatic carbocycles. The molecule has 2 aromatic carbocycles. The molecule has 0 aromatic heterocycles. The van der Waals surface area contributed by atoms with Crippen LogP contribution in [-0.4, -0.2) is 24.9 Å². The van der Waals surface area contributed by atoms with Gasteiger partial charge in [-0.05, 0) is 61.7 Å². The number of anilines is 2. The van der Waals surface area contributed by atoms with E-state index in [2.05, 4.69) is 54.4 Å². The molecule has 1 aliphatic heterocycles. The lowest BCUT2D eigenvalue weighted by molar-refractivity contribution is -0.110. The molecule has 4 heteroatoms. The first-order chi connectivity index (χ1) is 12.2. The predicted molar refractivity (Wildman–Crippen MR) is 107 cm³/mol. The molecule has 0 atom stereocenters. The second kappa shape index (κ2) is 7.75. The minimum absolute atomic E-state index is 0.0501. The summed E-state index contributed by atoms with van der Waals surface area (Å²) in [4.78, 5) is 14.7. The highest BCUT2D eigenvalue weighted by Crippen LogP contribution is 2.34. The maximum absolute atomic E-state index is 12.4. The van der Waals surface area contributed by atoms with Gasteiger partial charge in [-0.1, -0.05) is 18.2 Å². The van der Waals surface area contributed by atoms with Crippen LogP contribution < -0.4 is 10.2 Å². The Hall–Kier alpha value is -2.26. The standard InChI is InChI=1S/C21H23ClN2O/c1-3-24(4-2)17-8-5-15(6-9-17)14-19-18-13-16(11-12-22)7-10-20(18)23-21(19)25/h5-10,13-14H,3-4,11-12H2,1-2H3,(H,23,25). The van der Waals surface area contributed by atoms with Gasteiger partial charge < -0.3 is 10.2 Å². The van der Waals surface area contributed by atoms with Crippen LogP contribution in [-0.2, 0) is 11.2 Å². The van der Waals surface area contributed by atoms with Crippen molar-refractivity contribution in [2.75, 3.05) is 29.2 Å². The lowest BCUT2D eigenvalue weighted by Crippen LogP contribution is -2.21. The second-order valence-corrected chi connectivity index (χ2v) is 6.47. The number of fused-ring (bicyclic) bond motifs is 1. The summed E-state index contributed by atoms with van der Waals surface area (Å²) in [6, 6.07) is 14.4. The van der Waals surface area contributed by atoms with Gasteiger partial charge in [-0.2, -0.15) is 0 Å². The molecule has 1 amide bonds. The Morgan fingerprint density at radius 3 is 2.44 bits per heavy atom. The Kier molecular flexibility index (Phi) is 5.44. The maximum atomic E-state index is 12.4. The van der Waals surface area contributed by atoms with Crippen molar-refractivity contribution in [3.05, 3.63) is 59.2 Å². The molecule has 0 radical (unpaired) electrons. The van der Waals surface area contributed by atoms with Crippen LogP contribution in [0.3, 0.4) is 0 Å². The molecule has 130 valence electrons. The minimum Gasteiger partial charge on any atom is -0.372 e. The van der Waals surface area contributed by atoms with Gasteiger partial charge in [-0.25, -0.2) is 0 Å². The summed E-state index contributed by atoms with van der Waals surface area (Å²) in [7, 11) is 0. The monoisotopic (exact) mass is 354 g/mol. The topological polar surface area (TPSA) is 32.3 Å². The molecule has 0 spiro atoms. The maximum Gasteiger partial charge on any atom is 0.256 e. The van der Waals surface area contributed by atoms with Crippen molar-refractivity contribution in [3.8, 4) is 0 Å². The van der Waals surface area contributed by atoms with Gasteiger partial charge in [-0.15, -0.1) is 11.6 Å². The Morgan fingerprint density at radius 2 is 1.80 bits per heavy atom. The molecule has 0 saturated heterocycles. The van der Waals surface area contributed by atoms with Crippen LogP contribution in [0, 0.1) is 0 Å². The highest BCUT2D eigenvalue weighted by atomic mass is 35.5. The summed E-state index contributed by atoms with van der Waals surface area (Å²) >= 11 is 5.84. The first-order valence-electron chi connectivity index (χ1n) is 8.73. The fourth-order valence-electron chi connectivity index (χ4n) is 3.18. The van der Waals surface area contributed by atoms with Gasteiger partial charge >= 0.3 is 0 Å². The predicted octanol–water partition coefficient (Wildman–Crippen LogP) is 4.81. The molecule has 0 unspecified atom stereocenters. The van der Waals surface area contributed by atoms with E-state index in [0.29, 0.717) is 11.5 Å². The molecule has 0 bridgehead atoms. The van der Waals surface area contributed by atoms with E-state index in [1.807, 2.05) is 18.2 Å². The van der Waals surface area contributed by atoms with Gasteiger partial charge in [0.25, 0.3) is 5.91 Å². The van der Waals surface area contributed by atoms with Crippen LogP contribution in [0.25, 0.3) is 11.6 Å². The molecular weight excluding hydrogens is 332 g/mol. The molecule has 0 fully saturated rings. The summed E-state index contributed by atoms with van der Waals surface area (Å²) < 4.78 is 0. The van der Waals surface area contributed by atoms with Gasteiger partial charge in [0, 0.05) is 41.5 Å². The second-order valence-electron chi connectivity index (χ2n) is 6.09. The van der Waals surface area contributed by atoms with Gasteiger partial charge in [0.15, 0.2) is 0 Å². The average molecular weight is 355 g/mol. The zero-order valence-corrected chi connectivity index (χ0v) is 15.4. The van der Waals surface area contributed by atoms with Crippen molar-refractivity contribution >= 4 is 40.5 Å². The molecule has 0 saturated carbocycles. The fraction of sp³-hybridized carbons (Fsp3) is 0.286. The highest BCUT2D eigenvalue weighted by molar-refractivity contribution is 6.35. The lowest BCUT2D eigenvalue weighted by atomic mass is 10.0. The molecule has 3 rings (SSSR count). The molecule has 3 nitrogen and oxygen atoms in total. The molecule has 2 aromatic rings. The van der Waals surface area contributed by atoms with Crippen molar-refractivity contribution in [2.45, 2.75) is 20.3 Å². The van der Waals surface area contributed by atoms with Crippen LogP contribution >= 0.6 is 11.6 Å². The van der Waals surface area contributed by atoms with E-state index in [0.717, 1.165) is 41.9 Å². The average Bonchev–Trinajstić information content (AvgIpc) is 2.93. The van der Waals surface area contributed by atoms with Gasteiger partial charge in [0.1, 0.15) is 0 Å². The zero-order chi connectivity index (χ0) is 17.8. The van der Waals surface area contributed by atoms with E-state index < -0.39 is 0 Å². The molecule has 1 heterocycles. The summed E-state index contributed by atoms with van der Waals surface area (Å²) in [6.07, 6.45) is 2.76. The third-order valence-electron chi connectivity index (χ3n) is 4.58. The number of aryl methyl sites for hydroxylation is 1. The van der Waals surface area contributed by atoms with E-state index in [1.165, 1.54) is 5.69 Å². The van der Waals surface area contributed by atoms with E-state index >= 15 is 0 Å². The van der Waals surface area contributed by atoms with Crippen molar-refractivity contribution in [2.24, 2.45) is 0 Å². The normalized spacial score (nSPS) is 14.5. The Balaban J connectivity index is 1.91. The van der Waals surface area contributed by atoms with Crippen LogP contribution in [0.4, 0.5) is 11.4 Å². The molecule has 1 N–H and O–H groups in total. The number of alkyl halides is 1. The molecule has 25 heavy (non-hydrogen) atoms. The summed E-state index contributed by atoms with van der Waals surface area (Å²) in [5, 5.41) is 2.94. The number of halogens is 1. The quantitative estimate of drug-likeness (QED) is 0.596. The SMILES string of the molecule is CCN(CC)c1ccc(C=C2C(=O)Nc3ccc(CCCl)cc32)cc1. The lowest BCUT2D eigenvalue weighted by Gasteiger charge is -2.20. The van der Waals surface area contributed by atoms with Crippen molar-refractivity contribution in [3.63, 3.8) is 0 Å². The van der Waals surface area contributed by atoms with Crippen molar-refractivity contribution in [1.82, 2.24) is 0 Å². The Morgan fingerprint density at radius 1 is 1.08 bits per heavy atom. The third-order valence-corrected chi connectivity index (χ3v) is 4.77. The molecule has 1 aliphatic rings. The van der Waals surface area contributed by atoms with Crippen LogP contribution in [0.15, 0.2) is 42.5 Å². The van der Waals surface area contributed by atoms with Crippen LogP contribution in [0.1, 0.15) is 30.5 Å². The van der Waals surface area contributed by atoms with E-state index in [-0.39, 0.29) is 5.91 Å². The third kappa shape index (κ3) is 3.72. The Labute approximate surface area is 154 Å².